The molecule has 0 aromatic carbocycles. The van der Waals surface area contributed by atoms with Gasteiger partial charge >= 0.3 is 12.4 Å². The number of pyridine rings is 2. The first kappa shape index (κ1) is 22.0. The Hall–Kier alpha value is -0.0800. The van der Waals surface area contributed by atoms with Gasteiger partial charge in [0.15, 0.2) is 0 Å². The van der Waals surface area contributed by atoms with Gasteiger partial charge in [-0.05, 0) is 57.3 Å². The molecule has 0 fully saturated rings. The molecule has 0 unspecified atom stereocenters. The summed E-state index contributed by atoms with van der Waals surface area (Å²) < 4.78 is 72.7. The Morgan fingerprint density at radius 2 is 1.38 bits per heavy atom. The minimum Gasteiger partial charge on any atom is -0.244 e. The third kappa shape index (κ3) is 6.67. The zero-order valence-corrected chi connectivity index (χ0v) is 16.8. The van der Waals surface area contributed by atoms with Crippen LogP contribution in [-0.2, 0) is 12.4 Å². The van der Waals surface area contributed by atoms with E-state index in [0.717, 1.165) is 12.3 Å². The summed E-state index contributed by atoms with van der Waals surface area (Å²) in [5, 5.41) is 0.149. The van der Waals surface area contributed by atoms with E-state index >= 15 is 0 Å². The molecule has 2 nitrogen and oxygen atoms in total. The van der Waals surface area contributed by atoms with Gasteiger partial charge in [-0.2, -0.15) is 26.3 Å². The molecule has 0 atom stereocenters. The van der Waals surface area contributed by atoms with Crippen molar-refractivity contribution in [2.24, 2.45) is 0 Å². The van der Waals surface area contributed by atoms with Crippen molar-refractivity contribution in [2.45, 2.75) is 12.4 Å². The summed E-state index contributed by atoms with van der Waals surface area (Å²) in [4.78, 5) is 6.73. The molecule has 0 aliphatic heterocycles. The summed E-state index contributed by atoms with van der Waals surface area (Å²) >= 11 is 14.1. The van der Waals surface area contributed by atoms with Gasteiger partial charge in [0.1, 0.15) is 10.3 Å². The van der Waals surface area contributed by atoms with Crippen molar-refractivity contribution in [3.05, 3.63) is 53.1 Å². The maximum atomic E-state index is 12.1. The number of alkyl halides is 6. The molecule has 0 N–H and O–H groups in total. The second kappa shape index (κ2) is 8.54. The maximum Gasteiger partial charge on any atom is 0.418 e. The van der Waals surface area contributed by atoms with Crippen molar-refractivity contribution in [1.82, 2.24) is 9.97 Å². The standard InChI is InChI=1S/2C6H2ClF3IN/c7-5-1-4(11)3(2-12-5)6(8,9)10;7-5-4(11)1-3(2-12-5)6(8,9)10/h2*1-2H. The third-order valence-electron chi connectivity index (χ3n) is 2.25. The first-order valence-corrected chi connectivity index (χ1v) is 8.50. The summed E-state index contributed by atoms with van der Waals surface area (Å²) in [6, 6.07) is 2.13. The SMILES string of the molecule is FC(F)(F)c1cnc(Cl)c(I)c1.FC(F)(F)c1cnc(Cl)cc1I. The van der Waals surface area contributed by atoms with Gasteiger partial charge in [-0.25, -0.2) is 9.97 Å². The summed E-state index contributed by atoms with van der Waals surface area (Å²) in [6.07, 6.45) is -7.26. The molecule has 2 aromatic rings. The Labute approximate surface area is 169 Å². The normalized spacial score (nSPS) is 11.8. The Balaban J connectivity index is 0.000000240. The van der Waals surface area contributed by atoms with Crippen LogP contribution in [0.1, 0.15) is 11.1 Å². The van der Waals surface area contributed by atoms with Gasteiger partial charge in [-0.15, -0.1) is 0 Å². The summed E-state index contributed by atoms with van der Waals surface area (Å²) in [5.74, 6) is 0. The van der Waals surface area contributed by atoms with E-state index in [4.69, 9.17) is 23.2 Å². The molecule has 132 valence electrons. The van der Waals surface area contributed by atoms with Crippen LogP contribution in [0.15, 0.2) is 24.5 Å². The average Bonchev–Trinajstić information content (AvgIpc) is 2.39. The number of nitrogens with zero attached hydrogens (tertiary/aromatic N) is 2. The molecular formula is C12H4Cl2F6I2N2. The molecule has 0 radical (unpaired) electrons. The van der Waals surface area contributed by atoms with Crippen LogP contribution >= 0.6 is 68.4 Å². The Morgan fingerprint density at radius 1 is 0.792 bits per heavy atom. The van der Waals surface area contributed by atoms with Gasteiger partial charge in [0.05, 0.1) is 14.7 Å². The quantitative estimate of drug-likeness (QED) is 0.187. The van der Waals surface area contributed by atoms with E-state index in [-0.39, 0.29) is 13.9 Å². The van der Waals surface area contributed by atoms with Crippen molar-refractivity contribution in [3.63, 3.8) is 0 Å². The lowest BCUT2D eigenvalue weighted by atomic mass is 10.3. The predicted molar refractivity (Wildman–Crippen MR) is 93.9 cm³/mol. The average molecular weight is 615 g/mol. The highest BCUT2D eigenvalue weighted by molar-refractivity contribution is 14.1. The molecule has 2 aromatic heterocycles. The molecule has 2 rings (SSSR count). The van der Waals surface area contributed by atoms with Crippen LogP contribution in [0.3, 0.4) is 0 Å². The zero-order valence-electron chi connectivity index (χ0n) is 11.0. The molecule has 0 bridgehead atoms. The molecule has 2 heterocycles. The second-order valence-corrected chi connectivity index (χ2v) is 7.05. The maximum absolute atomic E-state index is 12.1. The lowest BCUT2D eigenvalue weighted by Gasteiger charge is -2.07. The lowest BCUT2D eigenvalue weighted by Crippen LogP contribution is -2.07. The number of aromatic nitrogens is 2. The highest BCUT2D eigenvalue weighted by Crippen LogP contribution is 2.33. The van der Waals surface area contributed by atoms with Crippen LogP contribution < -0.4 is 0 Å². The van der Waals surface area contributed by atoms with Crippen LogP contribution in [-0.4, -0.2) is 9.97 Å². The Kier molecular flexibility index (Phi) is 7.81. The number of hydrogen-bond donors (Lipinski definition) is 0. The predicted octanol–water partition coefficient (Wildman–Crippen LogP) is 6.72. The van der Waals surface area contributed by atoms with Gasteiger partial charge in [0.2, 0.25) is 0 Å². The molecule has 0 saturated carbocycles. The first-order chi connectivity index (χ1) is 10.8. The van der Waals surface area contributed by atoms with Crippen molar-refractivity contribution in [1.29, 1.82) is 0 Å². The fourth-order valence-corrected chi connectivity index (χ4v) is 2.85. The van der Waals surface area contributed by atoms with E-state index in [1.54, 1.807) is 45.2 Å². The summed E-state index contributed by atoms with van der Waals surface area (Å²) in [7, 11) is 0. The van der Waals surface area contributed by atoms with Crippen LogP contribution in [0.5, 0.6) is 0 Å². The molecule has 12 heteroatoms. The van der Waals surface area contributed by atoms with Gasteiger partial charge in [-0.3, -0.25) is 0 Å². The van der Waals surface area contributed by atoms with Crippen LogP contribution in [0.4, 0.5) is 26.3 Å². The number of halogens is 10. The highest BCUT2D eigenvalue weighted by Gasteiger charge is 2.33. The van der Waals surface area contributed by atoms with Gasteiger partial charge < -0.3 is 0 Å². The fraction of sp³-hybridized carbons (Fsp3) is 0.167. The van der Waals surface area contributed by atoms with Crippen molar-refractivity contribution >= 4 is 68.4 Å². The molecule has 0 amide bonds. The second-order valence-electron chi connectivity index (χ2n) is 3.98. The van der Waals surface area contributed by atoms with Crippen LogP contribution in [0.25, 0.3) is 0 Å². The fourth-order valence-electron chi connectivity index (χ4n) is 1.19. The Bertz CT molecular complexity index is 722. The van der Waals surface area contributed by atoms with Crippen LogP contribution in [0.2, 0.25) is 10.3 Å². The van der Waals surface area contributed by atoms with Crippen molar-refractivity contribution in [3.8, 4) is 0 Å². The van der Waals surface area contributed by atoms with E-state index < -0.39 is 23.5 Å². The van der Waals surface area contributed by atoms with E-state index in [1.807, 2.05) is 0 Å². The van der Waals surface area contributed by atoms with Gasteiger partial charge in [0, 0.05) is 16.0 Å². The zero-order chi connectivity index (χ0) is 18.7. The van der Waals surface area contributed by atoms with Gasteiger partial charge in [-0.1, -0.05) is 23.2 Å². The van der Waals surface area contributed by atoms with Crippen molar-refractivity contribution in [2.75, 3.05) is 0 Å². The molecular weight excluding hydrogens is 611 g/mol. The summed E-state index contributed by atoms with van der Waals surface area (Å²) in [6.45, 7) is 0. The van der Waals surface area contributed by atoms with Gasteiger partial charge in [0.25, 0.3) is 0 Å². The topological polar surface area (TPSA) is 25.8 Å². The Morgan fingerprint density at radius 3 is 1.79 bits per heavy atom. The minimum absolute atomic E-state index is 0.0556. The van der Waals surface area contributed by atoms with E-state index in [0.29, 0.717) is 9.77 Å². The van der Waals surface area contributed by atoms with E-state index in [2.05, 4.69) is 9.97 Å². The first-order valence-electron chi connectivity index (χ1n) is 5.59. The third-order valence-corrected chi connectivity index (χ3v) is 4.79. The van der Waals surface area contributed by atoms with E-state index in [9.17, 15) is 26.3 Å². The smallest absolute Gasteiger partial charge is 0.244 e. The highest BCUT2D eigenvalue weighted by atomic mass is 127. The van der Waals surface area contributed by atoms with Crippen molar-refractivity contribution < 1.29 is 26.3 Å². The van der Waals surface area contributed by atoms with Crippen LogP contribution in [0, 0.1) is 7.14 Å². The molecule has 24 heavy (non-hydrogen) atoms. The summed E-state index contributed by atoms with van der Waals surface area (Å²) in [5.41, 5.74) is -1.54. The van der Waals surface area contributed by atoms with E-state index in [1.165, 1.54) is 6.07 Å². The monoisotopic (exact) mass is 614 g/mol. The largest absolute Gasteiger partial charge is 0.418 e. The molecule has 0 aliphatic rings. The minimum atomic E-state index is -4.35. The molecule has 0 saturated heterocycles. The number of hydrogen-bond acceptors (Lipinski definition) is 2. The lowest BCUT2D eigenvalue weighted by molar-refractivity contribution is -0.139. The number of rotatable bonds is 0. The molecule has 0 aliphatic carbocycles. The molecule has 0 spiro atoms.